The van der Waals surface area contributed by atoms with Crippen molar-refractivity contribution >= 4 is 17.3 Å². The SMILES string of the molecule is Nc1cc(O)ccc1OC(=O)CCc1ccc([N+](=O)[O-])cc1. The van der Waals surface area contributed by atoms with Crippen LogP contribution < -0.4 is 10.5 Å². The number of nitrogens with two attached hydrogens (primary N) is 1. The van der Waals surface area contributed by atoms with Crippen LogP contribution in [0.1, 0.15) is 12.0 Å². The van der Waals surface area contributed by atoms with Gasteiger partial charge in [0.15, 0.2) is 5.75 Å². The largest absolute Gasteiger partial charge is 0.508 e. The molecule has 0 aromatic heterocycles. The maximum absolute atomic E-state index is 11.7. The van der Waals surface area contributed by atoms with Crippen molar-refractivity contribution in [3.8, 4) is 11.5 Å². The number of phenols is 1. The van der Waals surface area contributed by atoms with Crippen LogP contribution in [0.5, 0.6) is 11.5 Å². The van der Waals surface area contributed by atoms with Crippen LogP contribution >= 0.6 is 0 Å². The molecule has 0 radical (unpaired) electrons. The van der Waals surface area contributed by atoms with Crippen molar-refractivity contribution in [1.29, 1.82) is 0 Å². The topological polar surface area (TPSA) is 116 Å². The quantitative estimate of drug-likeness (QED) is 0.288. The lowest BCUT2D eigenvalue weighted by Crippen LogP contribution is -2.10. The minimum absolute atomic E-state index is 0.00296. The fourth-order valence-electron chi connectivity index (χ4n) is 1.83. The molecule has 2 aromatic rings. The molecule has 7 nitrogen and oxygen atoms in total. The van der Waals surface area contributed by atoms with Gasteiger partial charge in [0.05, 0.1) is 10.6 Å². The number of nitro groups is 1. The third kappa shape index (κ3) is 3.95. The molecule has 22 heavy (non-hydrogen) atoms. The van der Waals surface area contributed by atoms with Crippen molar-refractivity contribution in [1.82, 2.24) is 0 Å². The van der Waals surface area contributed by atoms with Crippen LogP contribution in [0.4, 0.5) is 11.4 Å². The normalized spacial score (nSPS) is 10.2. The summed E-state index contributed by atoms with van der Waals surface area (Å²) in [4.78, 5) is 21.8. The summed E-state index contributed by atoms with van der Waals surface area (Å²) in [5, 5.41) is 19.8. The molecule has 0 aliphatic heterocycles. The number of nitrogen functional groups attached to an aromatic ring is 1. The van der Waals surface area contributed by atoms with E-state index in [1.54, 1.807) is 12.1 Å². The standard InChI is InChI=1S/C15H14N2O5/c16-13-9-12(18)6-7-14(13)22-15(19)8-3-10-1-4-11(5-2-10)17(20)21/h1-2,4-7,9,18H,3,8,16H2. The minimum atomic E-state index is -0.481. The lowest BCUT2D eigenvalue weighted by molar-refractivity contribution is -0.384. The van der Waals surface area contributed by atoms with Crippen LogP contribution in [0.25, 0.3) is 0 Å². The van der Waals surface area contributed by atoms with E-state index in [-0.39, 0.29) is 29.3 Å². The number of non-ortho nitro benzene ring substituents is 1. The predicted octanol–water partition coefficient (Wildman–Crippen LogP) is 2.42. The summed E-state index contributed by atoms with van der Waals surface area (Å²) in [6.45, 7) is 0. The van der Waals surface area contributed by atoms with Gasteiger partial charge in [-0.3, -0.25) is 14.9 Å². The van der Waals surface area contributed by atoms with Crippen molar-refractivity contribution in [2.75, 3.05) is 5.73 Å². The number of hydrogen-bond donors (Lipinski definition) is 2. The summed E-state index contributed by atoms with van der Waals surface area (Å²) in [6.07, 6.45) is 0.507. The third-order valence-electron chi connectivity index (χ3n) is 2.98. The average Bonchev–Trinajstić information content (AvgIpc) is 2.48. The summed E-state index contributed by atoms with van der Waals surface area (Å²) in [5.41, 5.74) is 6.59. The first-order chi connectivity index (χ1) is 10.5. The number of benzene rings is 2. The molecule has 3 N–H and O–H groups in total. The summed E-state index contributed by atoms with van der Waals surface area (Å²) in [5.74, 6) is -0.301. The van der Waals surface area contributed by atoms with Crippen LogP contribution in [0.3, 0.4) is 0 Å². The molecule has 2 aromatic carbocycles. The monoisotopic (exact) mass is 302 g/mol. The van der Waals surface area contributed by atoms with Gasteiger partial charge in [0.25, 0.3) is 5.69 Å². The van der Waals surface area contributed by atoms with E-state index in [1.165, 1.54) is 30.3 Å². The lowest BCUT2D eigenvalue weighted by Gasteiger charge is -2.07. The Labute approximate surface area is 126 Å². The van der Waals surface area contributed by atoms with Crippen LogP contribution in [0.15, 0.2) is 42.5 Å². The number of aryl methyl sites for hydroxylation is 1. The Bertz CT molecular complexity index is 698. The minimum Gasteiger partial charge on any atom is -0.508 e. The van der Waals surface area contributed by atoms with Crippen molar-refractivity contribution in [2.24, 2.45) is 0 Å². The van der Waals surface area contributed by atoms with Crippen molar-refractivity contribution in [3.05, 3.63) is 58.1 Å². The molecule has 0 atom stereocenters. The number of carbonyl (C=O) groups is 1. The van der Waals surface area contributed by atoms with Crippen LogP contribution in [0.2, 0.25) is 0 Å². The second kappa shape index (κ2) is 6.57. The van der Waals surface area contributed by atoms with Gasteiger partial charge < -0.3 is 15.6 Å². The molecule has 0 heterocycles. The van der Waals surface area contributed by atoms with E-state index in [0.717, 1.165) is 5.56 Å². The van der Waals surface area contributed by atoms with E-state index in [0.29, 0.717) is 6.42 Å². The van der Waals surface area contributed by atoms with Crippen LogP contribution in [-0.4, -0.2) is 16.0 Å². The summed E-state index contributed by atoms with van der Waals surface area (Å²) in [7, 11) is 0. The molecule has 7 heteroatoms. The number of rotatable bonds is 5. The van der Waals surface area contributed by atoms with Gasteiger partial charge in [0, 0.05) is 24.6 Å². The van der Waals surface area contributed by atoms with E-state index in [1.807, 2.05) is 0 Å². The Morgan fingerprint density at radius 1 is 1.23 bits per heavy atom. The first-order valence-corrected chi connectivity index (χ1v) is 6.48. The Morgan fingerprint density at radius 2 is 1.91 bits per heavy atom. The van der Waals surface area contributed by atoms with Crippen molar-refractivity contribution in [2.45, 2.75) is 12.8 Å². The molecular weight excluding hydrogens is 288 g/mol. The molecule has 0 aliphatic carbocycles. The molecular formula is C15H14N2O5. The lowest BCUT2D eigenvalue weighted by atomic mass is 10.1. The van der Waals surface area contributed by atoms with Gasteiger partial charge in [0.2, 0.25) is 0 Å². The average molecular weight is 302 g/mol. The number of anilines is 1. The Hall–Kier alpha value is -3.09. The number of esters is 1. The summed E-state index contributed by atoms with van der Waals surface area (Å²) in [6, 6.07) is 10.0. The van der Waals surface area contributed by atoms with Gasteiger partial charge in [-0.2, -0.15) is 0 Å². The maximum Gasteiger partial charge on any atom is 0.311 e. The predicted molar refractivity (Wildman–Crippen MR) is 79.6 cm³/mol. The number of aromatic hydroxyl groups is 1. The highest BCUT2D eigenvalue weighted by Gasteiger charge is 2.10. The highest BCUT2D eigenvalue weighted by atomic mass is 16.6. The maximum atomic E-state index is 11.7. The fraction of sp³-hybridized carbons (Fsp3) is 0.133. The van der Waals surface area contributed by atoms with Crippen LogP contribution in [0, 0.1) is 10.1 Å². The fourth-order valence-corrected chi connectivity index (χ4v) is 1.83. The summed E-state index contributed by atoms with van der Waals surface area (Å²) >= 11 is 0. The zero-order valence-electron chi connectivity index (χ0n) is 11.6. The molecule has 0 bridgehead atoms. The van der Waals surface area contributed by atoms with E-state index >= 15 is 0 Å². The first-order valence-electron chi connectivity index (χ1n) is 6.48. The second-order valence-electron chi connectivity index (χ2n) is 4.62. The molecule has 0 aliphatic rings. The van der Waals surface area contributed by atoms with Gasteiger partial charge in [-0.05, 0) is 24.1 Å². The van der Waals surface area contributed by atoms with Crippen molar-refractivity contribution < 1.29 is 19.6 Å². The molecule has 114 valence electrons. The van der Waals surface area contributed by atoms with E-state index in [2.05, 4.69) is 0 Å². The van der Waals surface area contributed by atoms with Gasteiger partial charge in [0.1, 0.15) is 5.75 Å². The smallest absolute Gasteiger partial charge is 0.311 e. The Balaban J connectivity index is 1.91. The number of ether oxygens (including phenoxy) is 1. The van der Waals surface area contributed by atoms with E-state index in [4.69, 9.17) is 10.5 Å². The molecule has 0 unspecified atom stereocenters. The number of nitro benzene ring substituents is 1. The van der Waals surface area contributed by atoms with Gasteiger partial charge in [-0.15, -0.1) is 0 Å². The Kier molecular flexibility index (Phi) is 4.57. The molecule has 0 amide bonds. The first kappa shape index (κ1) is 15.3. The van der Waals surface area contributed by atoms with Crippen molar-refractivity contribution in [3.63, 3.8) is 0 Å². The molecule has 0 saturated carbocycles. The molecule has 0 saturated heterocycles. The van der Waals surface area contributed by atoms with E-state index in [9.17, 15) is 20.0 Å². The van der Waals surface area contributed by atoms with Crippen LogP contribution in [-0.2, 0) is 11.2 Å². The highest BCUT2D eigenvalue weighted by molar-refractivity contribution is 5.75. The third-order valence-corrected chi connectivity index (χ3v) is 2.98. The molecule has 0 fully saturated rings. The number of phenolic OH excluding ortho intramolecular Hbond substituents is 1. The van der Waals surface area contributed by atoms with Gasteiger partial charge >= 0.3 is 5.97 Å². The zero-order valence-corrected chi connectivity index (χ0v) is 11.6. The zero-order chi connectivity index (χ0) is 16.1. The number of nitrogens with zero attached hydrogens (tertiary/aromatic N) is 1. The molecule has 0 spiro atoms. The van der Waals surface area contributed by atoms with Gasteiger partial charge in [-0.25, -0.2) is 0 Å². The summed E-state index contributed by atoms with van der Waals surface area (Å²) < 4.78 is 5.10. The number of hydrogen-bond acceptors (Lipinski definition) is 6. The second-order valence-corrected chi connectivity index (χ2v) is 4.62. The van der Waals surface area contributed by atoms with E-state index < -0.39 is 10.9 Å². The highest BCUT2D eigenvalue weighted by Crippen LogP contribution is 2.26. The number of carbonyl (C=O) groups excluding carboxylic acids is 1. The van der Waals surface area contributed by atoms with Gasteiger partial charge in [-0.1, -0.05) is 12.1 Å². The Morgan fingerprint density at radius 3 is 2.50 bits per heavy atom. The molecule has 2 rings (SSSR count).